The Morgan fingerprint density at radius 2 is 1.40 bits per heavy atom. The highest BCUT2D eigenvalue weighted by atomic mass is 16.7. The molecule has 1 spiro atoms. The molecule has 0 radical (unpaired) electrons. The van der Waals surface area contributed by atoms with Crippen molar-refractivity contribution >= 4 is 0 Å². The van der Waals surface area contributed by atoms with E-state index >= 15 is 0 Å². The predicted octanol–water partition coefficient (Wildman–Crippen LogP) is 3.50. The standard InChI is InChI=1S/C13H24O2/c1-3-12(4-2)10-14-13(15-11-12)8-6-5-7-9-13/h3-11H2,1-2H3. The predicted molar refractivity (Wildman–Crippen MR) is 60.7 cm³/mol. The largest absolute Gasteiger partial charge is 0.349 e. The summed E-state index contributed by atoms with van der Waals surface area (Å²) in [4.78, 5) is 0. The zero-order chi connectivity index (χ0) is 10.8. The van der Waals surface area contributed by atoms with Gasteiger partial charge in [0.05, 0.1) is 13.2 Å². The zero-order valence-electron chi connectivity index (χ0n) is 10.2. The number of hydrogen-bond donors (Lipinski definition) is 0. The van der Waals surface area contributed by atoms with Gasteiger partial charge in [0, 0.05) is 18.3 Å². The summed E-state index contributed by atoms with van der Waals surface area (Å²) in [5, 5.41) is 0. The minimum absolute atomic E-state index is 0.188. The fourth-order valence-electron chi connectivity index (χ4n) is 2.69. The Balaban J connectivity index is 1.95. The highest BCUT2D eigenvalue weighted by Gasteiger charge is 2.43. The smallest absolute Gasteiger partial charge is 0.168 e. The molecule has 0 N–H and O–H groups in total. The average molecular weight is 212 g/mol. The van der Waals surface area contributed by atoms with Gasteiger partial charge in [0.2, 0.25) is 0 Å². The summed E-state index contributed by atoms with van der Waals surface area (Å²) in [5.74, 6) is -0.188. The van der Waals surface area contributed by atoms with Crippen LogP contribution in [0, 0.1) is 5.41 Å². The third-order valence-corrected chi connectivity index (χ3v) is 4.40. The summed E-state index contributed by atoms with van der Waals surface area (Å²) in [7, 11) is 0. The molecule has 0 bridgehead atoms. The normalized spacial score (nSPS) is 29.2. The average Bonchev–Trinajstić information content (AvgIpc) is 2.32. The van der Waals surface area contributed by atoms with Crippen LogP contribution in [0.25, 0.3) is 0 Å². The maximum Gasteiger partial charge on any atom is 0.168 e. The molecule has 0 aromatic carbocycles. The van der Waals surface area contributed by atoms with Crippen LogP contribution in [0.15, 0.2) is 0 Å². The van der Waals surface area contributed by atoms with Gasteiger partial charge in [-0.1, -0.05) is 20.3 Å². The minimum Gasteiger partial charge on any atom is -0.349 e. The van der Waals surface area contributed by atoms with E-state index in [0.29, 0.717) is 5.41 Å². The third kappa shape index (κ3) is 2.21. The van der Waals surface area contributed by atoms with Gasteiger partial charge >= 0.3 is 0 Å². The molecule has 2 rings (SSSR count). The topological polar surface area (TPSA) is 18.5 Å². The lowest BCUT2D eigenvalue weighted by Gasteiger charge is -2.47. The fourth-order valence-corrected chi connectivity index (χ4v) is 2.69. The van der Waals surface area contributed by atoms with Crippen molar-refractivity contribution in [3.05, 3.63) is 0 Å². The number of hydrogen-bond acceptors (Lipinski definition) is 2. The Labute approximate surface area is 93.3 Å². The van der Waals surface area contributed by atoms with Crippen LogP contribution >= 0.6 is 0 Å². The molecule has 2 nitrogen and oxygen atoms in total. The molecule has 1 aliphatic carbocycles. The van der Waals surface area contributed by atoms with Crippen LogP contribution < -0.4 is 0 Å². The molecule has 1 saturated carbocycles. The Bertz CT molecular complexity index is 191. The molecule has 0 unspecified atom stereocenters. The molecular weight excluding hydrogens is 188 g/mol. The van der Waals surface area contributed by atoms with Crippen LogP contribution in [0.5, 0.6) is 0 Å². The van der Waals surface area contributed by atoms with Gasteiger partial charge in [-0.15, -0.1) is 0 Å². The first-order chi connectivity index (χ1) is 7.24. The van der Waals surface area contributed by atoms with E-state index in [-0.39, 0.29) is 5.79 Å². The van der Waals surface area contributed by atoms with Crippen molar-refractivity contribution in [3.63, 3.8) is 0 Å². The van der Waals surface area contributed by atoms with Crippen LogP contribution in [0.1, 0.15) is 58.8 Å². The van der Waals surface area contributed by atoms with Gasteiger partial charge in [0.25, 0.3) is 0 Å². The molecule has 2 heteroatoms. The maximum atomic E-state index is 6.08. The third-order valence-electron chi connectivity index (χ3n) is 4.40. The molecule has 1 heterocycles. The van der Waals surface area contributed by atoms with Gasteiger partial charge in [0.1, 0.15) is 0 Å². The van der Waals surface area contributed by atoms with Crippen LogP contribution in [-0.4, -0.2) is 19.0 Å². The summed E-state index contributed by atoms with van der Waals surface area (Å²) in [5.41, 5.74) is 0.294. The van der Waals surface area contributed by atoms with Gasteiger partial charge in [-0.25, -0.2) is 0 Å². The van der Waals surface area contributed by atoms with Crippen molar-refractivity contribution in [3.8, 4) is 0 Å². The van der Waals surface area contributed by atoms with E-state index in [1.807, 2.05) is 0 Å². The van der Waals surface area contributed by atoms with E-state index in [1.165, 1.54) is 32.1 Å². The lowest BCUT2D eigenvalue weighted by Crippen LogP contribution is -2.50. The summed E-state index contributed by atoms with van der Waals surface area (Å²) < 4.78 is 12.2. The molecule has 0 atom stereocenters. The van der Waals surface area contributed by atoms with Crippen molar-refractivity contribution in [2.45, 2.75) is 64.6 Å². The Hall–Kier alpha value is -0.0800. The van der Waals surface area contributed by atoms with Gasteiger partial charge in [-0.3, -0.25) is 0 Å². The molecule has 0 aromatic rings. The highest BCUT2D eigenvalue weighted by Crippen LogP contribution is 2.41. The highest BCUT2D eigenvalue weighted by molar-refractivity contribution is 4.86. The maximum absolute atomic E-state index is 6.08. The first-order valence-corrected chi connectivity index (χ1v) is 6.52. The zero-order valence-corrected chi connectivity index (χ0v) is 10.2. The molecule has 1 saturated heterocycles. The SMILES string of the molecule is CCC1(CC)COC2(CCCCC2)OC1. The van der Waals surface area contributed by atoms with Crippen molar-refractivity contribution in [2.24, 2.45) is 5.41 Å². The second kappa shape index (κ2) is 4.42. The van der Waals surface area contributed by atoms with E-state index in [9.17, 15) is 0 Å². The molecule has 0 aromatic heterocycles. The van der Waals surface area contributed by atoms with Crippen molar-refractivity contribution in [1.82, 2.24) is 0 Å². The van der Waals surface area contributed by atoms with Crippen molar-refractivity contribution in [2.75, 3.05) is 13.2 Å². The molecule has 2 fully saturated rings. The van der Waals surface area contributed by atoms with Crippen molar-refractivity contribution < 1.29 is 9.47 Å². The first kappa shape index (κ1) is 11.4. The first-order valence-electron chi connectivity index (χ1n) is 6.52. The molecule has 2 aliphatic rings. The second-order valence-corrected chi connectivity index (χ2v) is 5.26. The fraction of sp³-hybridized carbons (Fsp3) is 1.00. The Morgan fingerprint density at radius 3 is 1.87 bits per heavy atom. The summed E-state index contributed by atoms with van der Waals surface area (Å²) in [6, 6.07) is 0. The molecule has 1 aliphatic heterocycles. The molecular formula is C13H24O2. The van der Waals surface area contributed by atoms with Gasteiger partial charge in [-0.05, 0) is 25.7 Å². The van der Waals surface area contributed by atoms with E-state index in [1.54, 1.807) is 0 Å². The van der Waals surface area contributed by atoms with E-state index in [4.69, 9.17) is 9.47 Å². The van der Waals surface area contributed by atoms with Gasteiger partial charge in [0.15, 0.2) is 5.79 Å². The Morgan fingerprint density at radius 1 is 0.867 bits per heavy atom. The van der Waals surface area contributed by atoms with Crippen LogP contribution in [-0.2, 0) is 9.47 Å². The molecule has 15 heavy (non-hydrogen) atoms. The van der Waals surface area contributed by atoms with Crippen molar-refractivity contribution in [1.29, 1.82) is 0 Å². The Kier molecular flexibility index (Phi) is 3.36. The van der Waals surface area contributed by atoms with Crippen LogP contribution in [0.3, 0.4) is 0 Å². The lowest BCUT2D eigenvalue weighted by atomic mass is 9.82. The van der Waals surface area contributed by atoms with E-state index in [2.05, 4.69) is 13.8 Å². The van der Waals surface area contributed by atoms with Crippen LogP contribution in [0.4, 0.5) is 0 Å². The lowest BCUT2D eigenvalue weighted by molar-refractivity contribution is -0.315. The second-order valence-electron chi connectivity index (χ2n) is 5.26. The molecule has 0 amide bonds. The summed E-state index contributed by atoms with van der Waals surface area (Å²) in [6.45, 7) is 6.30. The van der Waals surface area contributed by atoms with Gasteiger partial charge in [-0.2, -0.15) is 0 Å². The minimum atomic E-state index is -0.188. The number of rotatable bonds is 2. The number of ether oxygens (including phenoxy) is 2. The quantitative estimate of drug-likeness (QED) is 0.697. The van der Waals surface area contributed by atoms with Crippen LogP contribution in [0.2, 0.25) is 0 Å². The monoisotopic (exact) mass is 212 g/mol. The molecule has 88 valence electrons. The summed E-state index contributed by atoms with van der Waals surface area (Å²) >= 11 is 0. The summed E-state index contributed by atoms with van der Waals surface area (Å²) in [6.07, 6.45) is 8.43. The van der Waals surface area contributed by atoms with E-state index in [0.717, 1.165) is 26.1 Å². The van der Waals surface area contributed by atoms with E-state index < -0.39 is 0 Å². The van der Waals surface area contributed by atoms with Gasteiger partial charge < -0.3 is 9.47 Å².